The molecule has 0 radical (unpaired) electrons. The van der Waals surface area contributed by atoms with E-state index in [-0.39, 0.29) is 23.3 Å². The maximum Gasteiger partial charge on any atom is 0.303 e. The second-order valence-corrected chi connectivity index (χ2v) is 7.31. The van der Waals surface area contributed by atoms with Crippen LogP contribution in [0.15, 0.2) is 23.1 Å². The van der Waals surface area contributed by atoms with Crippen LogP contribution in [0, 0.1) is 6.92 Å². The van der Waals surface area contributed by atoms with Crippen molar-refractivity contribution in [2.24, 2.45) is 5.14 Å². The fraction of sp³-hybridized carbons (Fsp3) is 0.429. The van der Waals surface area contributed by atoms with Gasteiger partial charge < -0.3 is 10.4 Å². The van der Waals surface area contributed by atoms with Crippen molar-refractivity contribution in [3.8, 4) is 0 Å². The van der Waals surface area contributed by atoms with Gasteiger partial charge in [0.05, 0.1) is 10.5 Å². The van der Waals surface area contributed by atoms with Gasteiger partial charge in [0.15, 0.2) is 0 Å². The van der Waals surface area contributed by atoms with Gasteiger partial charge in [0.1, 0.15) is 0 Å². The van der Waals surface area contributed by atoms with Crippen LogP contribution in [0.25, 0.3) is 0 Å². The SMILES string of the molecule is Cc1ccc(S(N)(=O)=O)c(C(=O)NC(C)(C)CCC(=O)O)c1. The summed E-state index contributed by atoms with van der Waals surface area (Å²) < 4.78 is 23.1. The van der Waals surface area contributed by atoms with Crippen molar-refractivity contribution in [3.05, 3.63) is 29.3 Å². The number of hydrogen-bond acceptors (Lipinski definition) is 4. The van der Waals surface area contributed by atoms with Gasteiger partial charge >= 0.3 is 5.97 Å². The highest BCUT2D eigenvalue weighted by atomic mass is 32.2. The average molecular weight is 328 g/mol. The van der Waals surface area contributed by atoms with Gasteiger partial charge in [0, 0.05) is 12.0 Å². The lowest BCUT2D eigenvalue weighted by molar-refractivity contribution is -0.137. The van der Waals surface area contributed by atoms with Crippen molar-refractivity contribution in [1.82, 2.24) is 5.32 Å². The van der Waals surface area contributed by atoms with Gasteiger partial charge in [-0.05, 0) is 39.3 Å². The zero-order chi connectivity index (χ0) is 17.1. The van der Waals surface area contributed by atoms with E-state index in [0.29, 0.717) is 5.56 Å². The summed E-state index contributed by atoms with van der Waals surface area (Å²) in [4.78, 5) is 22.7. The predicted molar refractivity (Wildman–Crippen MR) is 81.0 cm³/mol. The standard InChI is InChI=1S/C14H20N2O5S/c1-9-4-5-11(22(15,20)21)10(8-9)13(19)16-14(2,3)7-6-12(17)18/h4-5,8H,6-7H2,1-3H3,(H,16,19)(H,17,18)(H2,15,20,21). The number of nitrogens with two attached hydrogens (primary N) is 1. The van der Waals surface area contributed by atoms with Crippen LogP contribution < -0.4 is 10.5 Å². The summed E-state index contributed by atoms with van der Waals surface area (Å²) in [6, 6.07) is 4.26. The lowest BCUT2D eigenvalue weighted by atomic mass is 9.97. The highest BCUT2D eigenvalue weighted by Crippen LogP contribution is 2.19. The molecule has 1 rings (SSSR count). The number of carboxylic acid groups (broad SMARTS) is 1. The quantitative estimate of drug-likeness (QED) is 0.718. The molecular formula is C14H20N2O5S. The molecule has 0 aliphatic rings. The Bertz CT molecular complexity index is 695. The Morgan fingerprint density at radius 1 is 1.32 bits per heavy atom. The maximum atomic E-state index is 12.3. The van der Waals surface area contributed by atoms with Crippen LogP contribution in [-0.2, 0) is 14.8 Å². The Labute approximate surface area is 129 Å². The molecule has 0 atom stereocenters. The second kappa shape index (κ2) is 6.45. The number of carbonyl (C=O) groups is 2. The molecule has 0 saturated carbocycles. The summed E-state index contributed by atoms with van der Waals surface area (Å²) in [5.74, 6) is -1.58. The molecule has 22 heavy (non-hydrogen) atoms. The van der Waals surface area contributed by atoms with Crippen LogP contribution >= 0.6 is 0 Å². The van der Waals surface area contributed by atoms with E-state index in [4.69, 9.17) is 10.2 Å². The first kappa shape index (κ1) is 18.1. The number of carbonyl (C=O) groups excluding carboxylic acids is 1. The summed E-state index contributed by atoms with van der Waals surface area (Å²) in [6.07, 6.45) is 0.105. The number of carboxylic acids is 1. The molecule has 4 N–H and O–H groups in total. The lowest BCUT2D eigenvalue weighted by Crippen LogP contribution is -2.44. The smallest absolute Gasteiger partial charge is 0.303 e. The summed E-state index contributed by atoms with van der Waals surface area (Å²) in [5.41, 5.74) is -0.138. The third kappa shape index (κ3) is 5.12. The van der Waals surface area contributed by atoms with Crippen molar-refractivity contribution >= 4 is 21.9 Å². The molecule has 0 bridgehead atoms. The van der Waals surface area contributed by atoms with Crippen molar-refractivity contribution in [2.45, 2.75) is 44.0 Å². The van der Waals surface area contributed by atoms with Crippen molar-refractivity contribution in [2.75, 3.05) is 0 Å². The number of primary sulfonamides is 1. The van der Waals surface area contributed by atoms with Gasteiger partial charge in [0.2, 0.25) is 10.0 Å². The van der Waals surface area contributed by atoms with Gasteiger partial charge in [-0.15, -0.1) is 0 Å². The molecule has 1 amide bonds. The first-order valence-corrected chi connectivity index (χ1v) is 8.15. The van der Waals surface area contributed by atoms with Crippen LogP contribution in [-0.4, -0.2) is 30.9 Å². The summed E-state index contributed by atoms with van der Waals surface area (Å²) >= 11 is 0. The van der Waals surface area contributed by atoms with E-state index in [2.05, 4.69) is 5.32 Å². The second-order valence-electron chi connectivity index (χ2n) is 5.78. The lowest BCUT2D eigenvalue weighted by Gasteiger charge is -2.26. The van der Waals surface area contributed by atoms with E-state index in [1.807, 2.05) is 0 Å². The van der Waals surface area contributed by atoms with E-state index in [0.717, 1.165) is 0 Å². The van der Waals surface area contributed by atoms with Gasteiger partial charge in [-0.1, -0.05) is 11.6 Å². The first-order chi connectivity index (χ1) is 9.92. The molecule has 7 nitrogen and oxygen atoms in total. The summed E-state index contributed by atoms with van der Waals surface area (Å²) in [6.45, 7) is 5.06. The fourth-order valence-corrected chi connectivity index (χ4v) is 2.64. The summed E-state index contributed by atoms with van der Waals surface area (Å²) in [5, 5.41) is 16.5. The van der Waals surface area contributed by atoms with Crippen LogP contribution in [0.2, 0.25) is 0 Å². The van der Waals surface area contributed by atoms with E-state index >= 15 is 0 Å². The number of aliphatic carboxylic acids is 1. The molecule has 0 fully saturated rings. The Morgan fingerprint density at radius 2 is 1.91 bits per heavy atom. The largest absolute Gasteiger partial charge is 0.481 e. The highest BCUT2D eigenvalue weighted by Gasteiger charge is 2.25. The topological polar surface area (TPSA) is 127 Å². The summed E-state index contributed by atoms with van der Waals surface area (Å²) in [7, 11) is -4.03. The van der Waals surface area contributed by atoms with Gasteiger partial charge in [-0.25, -0.2) is 13.6 Å². The number of nitrogens with one attached hydrogen (secondary N) is 1. The Kier molecular flexibility index (Phi) is 5.31. The van der Waals surface area contributed by atoms with Crippen molar-refractivity contribution < 1.29 is 23.1 Å². The van der Waals surface area contributed by atoms with Gasteiger partial charge in [0.25, 0.3) is 5.91 Å². The minimum absolute atomic E-state index is 0.0501. The zero-order valence-electron chi connectivity index (χ0n) is 12.7. The molecule has 0 aromatic heterocycles. The van der Waals surface area contributed by atoms with Crippen LogP contribution in [0.4, 0.5) is 0 Å². The molecule has 8 heteroatoms. The normalized spacial score (nSPS) is 12.0. The number of hydrogen-bond donors (Lipinski definition) is 3. The molecule has 0 unspecified atom stereocenters. The van der Waals surface area contributed by atoms with Crippen molar-refractivity contribution in [3.63, 3.8) is 0 Å². The number of amides is 1. The number of aryl methyl sites for hydroxylation is 1. The maximum absolute atomic E-state index is 12.3. The number of sulfonamides is 1. The Morgan fingerprint density at radius 3 is 2.41 bits per heavy atom. The van der Waals surface area contributed by atoms with Crippen LogP contribution in [0.3, 0.4) is 0 Å². The van der Waals surface area contributed by atoms with E-state index in [1.54, 1.807) is 26.8 Å². The molecule has 1 aromatic rings. The highest BCUT2D eigenvalue weighted by molar-refractivity contribution is 7.89. The molecule has 0 aliphatic carbocycles. The third-order valence-corrected chi connectivity index (χ3v) is 4.07. The molecule has 0 aliphatic heterocycles. The van der Waals surface area contributed by atoms with Crippen LogP contribution in [0.5, 0.6) is 0 Å². The molecule has 122 valence electrons. The van der Waals surface area contributed by atoms with E-state index in [9.17, 15) is 18.0 Å². The predicted octanol–water partition coefficient (Wildman–Crippen LogP) is 1.02. The monoisotopic (exact) mass is 328 g/mol. The number of rotatable bonds is 6. The Hall–Kier alpha value is -1.93. The molecule has 0 spiro atoms. The molecule has 1 aromatic carbocycles. The van der Waals surface area contributed by atoms with E-state index in [1.165, 1.54) is 12.1 Å². The average Bonchev–Trinajstić information content (AvgIpc) is 2.34. The fourth-order valence-electron chi connectivity index (χ4n) is 1.93. The third-order valence-electron chi connectivity index (χ3n) is 3.10. The Balaban J connectivity index is 3.08. The molecular weight excluding hydrogens is 308 g/mol. The van der Waals surface area contributed by atoms with E-state index < -0.39 is 27.4 Å². The minimum atomic E-state index is -4.03. The molecule has 0 heterocycles. The number of benzene rings is 1. The van der Waals surface area contributed by atoms with Gasteiger partial charge in [-0.3, -0.25) is 9.59 Å². The van der Waals surface area contributed by atoms with Crippen LogP contribution in [0.1, 0.15) is 42.6 Å². The molecule has 0 saturated heterocycles. The zero-order valence-corrected chi connectivity index (χ0v) is 13.5. The first-order valence-electron chi connectivity index (χ1n) is 6.60. The van der Waals surface area contributed by atoms with Gasteiger partial charge in [-0.2, -0.15) is 0 Å². The minimum Gasteiger partial charge on any atom is -0.481 e. The van der Waals surface area contributed by atoms with Crippen molar-refractivity contribution in [1.29, 1.82) is 0 Å².